The number of Topliss-reactive ketones (excluding diaryl/α,β-unsaturated/α-hetero) is 1. The highest BCUT2D eigenvalue weighted by atomic mass is 35.5. The van der Waals surface area contributed by atoms with Crippen LogP contribution in [-0.2, 0) is 21.1 Å². The van der Waals surface area contributed by atoms with E-state index < -0.39 is 32.6 Å². The molecule has 0 saturated heterocycles. The number of para-hydroxylation sites is 1. The number of fused-ring (bicyclic) bond motifs is 1. The Morgan fingerprint density at radius 2 is 1.90 bits per heavy atom. The van der Waals surface area contributed by atoms with E-state index in [-0.39, 0.29) is 21.9 Å². The first-order valence-corrected chi connectivity index (χ1v) is 11.9. The van der Waals surface area contributed by atoms with Gasteiger partial charge in [0.25, 0.3) is 0 Å². The van der Waals surface area contributed by atoms with E-state index in [2.05, 4.69) is 10.2 Å². The number of aromatic amines is 1. The van der Waals surface area contributed by atoms with Crippen molar-refractivity contribution in [3.63, 3.8) is 0 Å². The number of ketones is 1. The van der Waals surface area contributed by atoms with Crippen molar-refractivity contribution in [3.05, 3.63) is 80.5 Å². The highest BCUT2D eigenvalue weighted by Gasteiger charge is 2.22. The number of H-pyrrole nitrogens is 1. The van der Waals surface area contributed by atoms with Gasteiger partial charge in [-0.05, 0) is 42.0 Å². The summed E-state index contributed by atoms with van der Waals surface area (Å²) < 4.78 is 39.7. The lowest BCUT2D eigenvalue weighted by Gasteiger charge is -2.07. The van der Waals surface area contributed by atoms with Crippen molar-refractivity contribution in [2.75, 3.05) is 5.75 Å². The first-order valence-electron chi connectivity index (χ1n) is 9.00. The van der Waals surface area contributed by atoms with Gasteiger partial charge in [0.1, 0.15) is 21.5 Å². The van der Waals surface area contributed by atoms with Crippen LogP contribution < -0.4 is 5.43 Å². The quantitative estimate of drug-likeness (QED) is 0.453. The van der Waals surface area contributed by atoms with Crippen LogP contribution in [0.25, 0.3) is 22.2 Å². The summed E-state index contributed by atoms with van der Waals surface area (Å²) in [4.78, 5) is 24.9. The average Bonchev–Trinajstić information content (AvgIpc) is 3.16. The summed E-state index contributed by atoms with van der Waals surface area (Å²) in [6, 6.07) is 13.5. The van der Waals surface area contributed by atoms with Gasteiger partial charge in [-0.2, -0.15) is 5.10 Å². The molecule has 4 aromatic rings. The van der Waals surface area contributed by atoms with E-state index in [1.54, 1.807) is 24.3 Å². The van der Waals surface area contributed by atoms with Crippen LogP contribution in [0.3, 0.4) is 0 Å². The summed E-state index contributed by atoms with van der Waals surface area (Å²) in [5, 5.41) is 7.09. The van der Waals surface area contributed by atoms with Crippen molar-refractivity contribution >= 4 is 49.5 Å². The number of carbonyl (C=O) groups is 1. The fraction of sp³-hybridized carbons (Fsp3) is 0.0952. The molecule has 0 unspecified atom stereocenters. The second-order valence-electron chi connectivity index (χ2n) is 6.79. The van der Waals surface area contributed by atoms with Gasteiger partial charge in [0.05, 0.1) is 9.85 Å². The van der Waals surface area contributed by atoms with Crippen LogP contribution in [-0.4, -0.2) is 30.2 Å². The summed E-state index contributed by atoms with van der Waals surface area (Å²) >= 11 is 6.63. The lowest BCUT2D eigenvalue weighted by atomic mass is 10.0. The third-order valence-corrected chi connectivity index (χ3v) is 8.06. The standard InChI is InChI=1S/C21H14ClFN2O4S2/c22-18-7-8-19(30-18)31(28,29)11-13(26)9-12-5-6-14(16(23)10-12)20-21(27)15-3-1-2-4-17(15)24-25-20/h1-8,10H,9,11H2,(H,24,27). The van der Waals surface area contributed by atoms with Crippen molar-refractivity contribution < 1.29 is 17.6 Å². The molecule has 0 atom stereocenters. The minimum atomic E-state index is -3.81. The Morgan fingerprint density at radius 3 is 2.61 bits per heavy atom. The maximum absolute atomic E-state index is 14.7. The molecule has 0 aliphatic carbocycles. The molecule has 31 heavy (non-hydrogen) atoms. The molecule has 2 aromatic carbocycles. The SMILES string of the molecule is O=C(Cc1ccc(-c2n[nH]c3ccccc3c2=O)c(F)c1)CS(=O)(=O)c1ccc(Cl)s1. The van der Waals surface area contributed by atoms with Gasteiger partial charge in [-0.1, -0.05) is 29.8 Å². The molecule has 0 spiro atoms. The smallest absolute Gasteiger partial charge is 0.216 e. The predicted molar refractivity (Wildman–Crippen MR) is 118 cm³/mol. The van der Waals surface area contributed by atoms with Gasteiger partial charge in [0.2, 0.25) is 5.43 Å². The van der Waals surface area contributed by atoms with E-state index in [1.807, 2.05) is 0 Å². The zero-order chi connectivity index (χ0) is 22.2. The third-order valence-electron chi connectivity index (χ3n) is 4.57. The van der Waals surface area contributed by atoms with Crippen molar-refractivity contribution in [2.24, 2.45) is 0 Å². The Balaban J connectivity index is 1.56. The first-order chi connectivity index (χ1) is 14.7. The fourth-order valence-corrected chi connectivity index (χ4v) is 5.95. The molecule has 2 heterocycles. The molecule has 10 heteroatoms. The van der Waals surface area contributed by atoms with Crippen LogP contribution in [0.5, 0.6) is 0 Å². The zero-order valence-electron chi connectivity index (χ0n) is 15.8. The molecular formula is C21H14ClFN2O4S2. The number of thiophene rings is 1. The van der Waals surface area contributed by atoms with Gasteiger partial charge < -0.3 is 0 Å². The molecule has 6 nitrogen and oxygen atoms in total. The Kier molecular flexibility index (Phi) is 5.74. The Bertz CT molecular complexity index is 1480. The van der Waals surface area contributed by atoms with E-state index >= 15 is 0 Å². The van der Waals surface area contributed by atoms with Crippen LogP contribution in [0.1, 0.15) is 5.56 Å². The van der Waals surface area contributed by atoms with E-state index in [9.17, 15) is 22.4 Å². The highest BCUT2D eigenvalue weighted by molar-refractivity contribution is 7.94. The van der Waals surface area contributed by atoms with Gasteiger partial charge in [0, 0.05) is 17.4 Å². The summed E-state index contributed by atoms with van der Waals surface area (Å²) in [7, 11) is -3.81. The molecule has 1 N–H and O–H groups in total. The van der Waals surface area contributed by atoms with Gasteiger partial charge in [-0.3, -0.25) is 14.7 Å². The van der Waals surface area contributed by atoms with E-state index in [0.29, 0.717) is 20.8 Å². The number of aromatic nitrogens is 2. The van der Waals surface area contributed by atoms with Gasteiger partial charge in [-0.25, -0.2) is 12.8 Å². The molecule has 0 saturated carbocycles. The number of halogens is 2. The van der Waals surface area contributed by atoms with Gasteiger partial charge in [0.15, 0.2) is 15.6 Å². The molecule has 0 aliphatic rings. The van der Waals surface area contributed by atoms with Crippen molar-refractivity contribution in [1.29, 1.82) is 0 Å². The summed E-state index contributed by atoms with van der Waals surface area (Å²) in [5.41, 5.74) is 0.322. The van der Waals surface area contributed by atoms with Crippen LogP contribution in [0.2, 0.25) is 4.34 Å². The maximum atomic E-state index is 14.7. The molecule has 0 fully saturated rings. The van der Waals surface area contributed by atoms with Crippen LogP contribution in [0.15, 0.2) is 63.6 Å². The number of nitrogens with one attached hydrogen (secondary N) is 1. The van der Waals surface area contributed by atoms with Crippen molar-refractivity contribution in [2.45, 2.75) is 10.6 Å². The number of benzene rings is 2. The molecule has 0 amide bonds. The lowest BCUT2D eigenvalue weighted by molar-refractivity contribution is -0.116. The molecule has 0 bridgehead atoms. The second kappa shape index (κ2) is 8.33. The molecular weight excluding hydrogens is 463 g/mol. The number of carbonyl (C=O) groups excluding carboxylic acids is 1. The number of hydrogen-bond donors (Lipinski definition) is 1. The molecule has 4 rings (SSSR count). The molecule has 2 aromatic heterocycles. The van der Waals surface area contributed by atoms with E-state index in [1.165, 1.54) is 24.3 Å². The number of sulfone groups is 1. The minimum Gasteiger partial charge on any atom is -0.298 e. The normalized spacial score (nSPS) is 11.7. The number of hydrogen-bond acceptors (Lipinski definition) is 6. The Morgan fingerprint density at radius 1 is 1.13 bits per heavy atom. The lowest BCUT2D eigenvalue weighted by Crippen LogP contribution is -2.17. The largest absolute Gasteiger partial charge is 0.298 e. The molecule has 158 valence electrons. The first kappa shape index (κ1) is 21.4. The second-order valence-corrected chi connectivity index (χ2v) is 10.7. The van der Waals surface area contributed by atoms with Crippen LogP contribution >= 0.6 is 22.9 Å². The van der Waals surface area contributed by atoms with Crippen LogP contribution in [0, 0.1) is 5.82 Å². The molecule has 0 radical (unpaired) electrons. The topological polar surface area (TPSA) is 97.0 Å². The van der Waals surface area contributed by atoms with Crippen LogP contribution in [0.4, 0.5) is 4.39 Å². The monoisotopic (exact) mass is 476 g/mol. The Hall–Kier alpha value is -2.88. The molecule has 0 aliphatic heterocycles. The zero-order valence-corrected chi connectivity index (χ0v) is 18.2. The number of rotatable bonds is 6. The van der Waals surface area contributed by atoms with Crippen molar-refractivity contribution in [1.82, 2.24) is 10.2 Å². The highest BCUT2D eigenvalue weighted by Crippen LogP contribution is 2.27. The summed E-state index contributed by atoms with van der Waals surface area (Å²) in [6.45, 7) is 0. The average molecular weight is 477 g/mol. The van der Waals surface area contributed by atoms with E-state index in [0.717, 1.165) is 17.4 Å². The summed E-state index contributed by atoms with van der Waals surface area (Å²) in [5.74, 6) is -2.02. The van der Waals surface area contributed by atoms with E-state index in [4.69, 9.17) is 11.6 Å². The number of nitrogens with zero attached hydrogens (tertiary/aromatic N) is 1. The van der Waals surface area contributed by atoms with Gasteiger partial charge in [-0.15, -0.1) is 11.3 Å². The fourth-order valence-electron chi connectivity index (χ4n) is 3.14. The predicted octanol–water partition coefficient (Wildman–Crippen LogP) is 4.03. The third kappa shape index (κ3) is 4.43. The maximum Gasteiger partial charge on any atom is 0.216 e. The Labute approximate surface area is 185 Å². The minimum absolute atomic E-state index is 0.00832. The van der Waals surface area contributed by atoms with Gasteiger partial charge >= 0.3 is 0 Å². The summed E-state index contributed by atoms with van der Waals surface area (Å²) in [6.07, 6.45) is -0.267. The van der Waals surface area contributed by atoms with Crippen molar-refractivity contribution in [3.8, 4) is 11.3 Å².